The lowest BCUT2D eigenvalue weighted by Crippen LogP contribution is -2.20. The molecule has 3 nitrogen and oxygen atoms in total. The van der Waals surface area contributed by atoms with Gasteiger partial charge in [-0.15, -0.1) is 0 Å². The van der Waals surface area contributed by atoms with Crippen LogP contribution in [0.25, 0.3) is 0 Å². The van der Waals surface area contributed by atoms with E-state index in [2.05, 4.69) is 22.8 Å². The molecular formula is C16H18N2O. The van der Waals surface area contributed by atoms with Crippen LogP contribution in [0.2, 0.25) is 0 Å². The van der Waals surface area contributed by atoms with Gasteiger partial charge in [0.15, 0.2) is 0 Å². The van der Waals surface area contributed by atoms with E-state index in [4.69, 9.17) is 0 Å². The van der Waals surface area contributed by atoms with Gasteiger partial charge in [-0.05, 0) is 17.2 Å². The highest BCUT2D eigenvalue weighted by Gasteiger charge is 2.05. The van der Waals surface area contributed by atoms with E-state index in [0.717, 1.165) is 17.8 Å². The van der Waals surface area contributed by atoms with E-state index < -0.39 is 0 Å². The lowest BCUT2D eigenvalue weighted by molar-refractivity contribution is -0.119. The molecule has 0 unspecified atom stereocenters. The highest BCUT2D eigenvalue weighted by atomic mass is 16.1. The van der Waals surface area contributed by atoms with Gasteiger partial charge in [0.25, 0.3) is 0 Å². The van der Waals surface area contributed by atoms with Gasteiger partial charge in [0.1, 0.15) is 0 Å². The second-order valence-corrected chi connectivity index (χ2v) is 4.35. The summed E-state index contributed by atoms with van der Waals surface area (Å²) in [6, 6.07) is 18.1. The van der Waals surface area contributed by atoms with Crippen LogP contribution in [0.5, 0.6) is 0 Å². The fourth-order valence-corrected chi connectivity index (χ4v) is 1.90. The van der Waals surface area contributed by atoms with Crippen molar-refractivity contribution in [3.05, 3.63) is 65.7 Å². The van der Waals surface area contributed by atoms with Gasteiger partial charge in [-0.2, -0.15) is 0 Å². The Labute approximate surface area is 113 Å². The monoisotopic (exact) mass is 254 g/mol. The quantitative estimate of drug-likeness (QED) is 0.861. The van der Waals surface area contributed by atoms with Crippen LogP contribution in [-0.2, 0) is 17.8 Å². The zero-order valence-electron chi connectivity index (χ0n) is 11.0. The summed E-state index contributed by atoms with van der Waals surface area (Å²) in [4.78, 5) is 11.5. The van der Waals surface area contributed by atoms with Gasteiger partial charge in [0.2, 0.25) is 5.91 Å². The zero-order chi connectivity index (χ0) is 13.5. The first kappa shape index (κ1) is 13.1. The van der Waals surface area contributed by atoms with Crippen molar-refractivity contribution in [2.75, 3.05) is 12.4 Å². The Morgan fingerprint density at radius 2 is 1.68 bits per heavy atom. The maximum Gasteiger partial charge on any atom is 0.224 e. The molecule has 0 aromatic heterocycles. The van der Waals surface area contributed by atoms with E-state index in [9.17, 15) is 4.79 Å². The number of rotatable bonds is 5. The molecule has 3 heteroatoms. The van der Waals surface area contributed by atoms with E-state index >= 15 is 0 Å². The van der Waals surface area contributed by atoms with Crippen molar-refractivity contribution in [3.8, 4) is 0 Å². The minimum absolute atomic E-state index is 0.0222. The van der Waals surface area contributed by atoms with E-state index in [0.29, 0.717) is 6.42 Å². The van der Waals surface area contributed by atoms with Crippen molar-refractivity contribution in [2.24, 2.45) is 0 Å². The molecular weight excluding hydrogens is 236 g/mol. The number of carbonyl (C=O) groups is 1. The fourth-order valence-electron chi connectivity index (χ4n) is 1.90. The number of amides is 1. The molecule has 98 valence electrons. The largest absolute Gasteiger partial charge is 0.381 e. The van der Waals surface area contributed by atoms with Crippen LogP contribution in [0.4, 0.5) is 5.69 Å². The summed E-state index contributed by atoms with van der Waals surface area (Å²) in [5.74, 6) is 0.0222. The number of anilines is 1. The number of carbonyl (C=O) groups excluding carboxylic acids is 1. The molecule has 0 spiro atoms. The molecule has 0 saturated carbocycles. The number of para-hydroxylation sites is 1. The molecule has 1 amide bonds. The molecule has 0 radical (unpaired) electrons. The molecule has 0 atom stereocenters. The van der Waals surface area contributed by atoms with Crippen molar-refractivity contribution in [1.29, 1.82) is 0 Å². The number of hydrogen-bond acceptors (Lipinski definition) is 2. The van der Waals surface area contributed by atoms with Gasteiger partial charge < -0.3 is 10.6 Å². The molecule has 0 saturated heterocycles. The van der Waals surface area contributed by atoms with Crippen molar-refractivity contribution in [1.82, 2.24) is 5.32 Å². The molecule has 19 heavy (non-hydrogen) atoms. The summed E-state index contributed by atoms with van der Waals surface area (Å²) in [6.45, 7) is 0.756. The molecule has 2 aromatic rings. The smallest absolute Gasteiger partial charge is 0.224 e. The zero-order valence-corrected chi connectivity index (χ0v) is 11.0. The summed E-state index contributed by atoms with van der Waals surface area (Å²) < 4.78 is 0. The maximum atomic E-state index is 11.5. The number of nitrogens with one attached hydrogen (secondary N) is 2. The Morgan fingerprint density at radius 1 is 1.00 bits per heavy atom. The highest BCUT2D eigenvalue weighted by Crippen LogP contribution is 2.16. The van der Waals surface area contributed by atoms with E-state index in [1.807, 2.05) is 42.5 Å². The molecule has 0 aliphatic heterocycles. The Balaban J connectivity index is 2.05. The van der Waals surface area contributed by atoms with Crippen molar-refractivity contribution >= 4 is 11.6 Å². The summed E-state index contributed by atoms with van der Waals surface area (Å²) >= 11 is 0. The predicted molar refractivity (Wildman–Crippen MR) is 78.0 cm³/mol. The second kappa shape index (κ2) is 6.59. The van der Waals surface area contributed by atoms with Crippen molar-refractivity contribution < 1.29 is 4.79 Å². The van der Waals surface area contributed by atoms with Gasteiger partial charge >= 0.3 is 0 Å². The molecule has 2 rings (SSSR count). The van der Waals surface area contributed by atoms with Crippen LogP contribution in [0, 0.1) is 0 Å². The van der Waals surface area contributed by atoms with Crippen LogP contribution in [0.15, 0.2) is 54.6 Å². The Hall–Kier alpha value is -2.29. The normalized spacial score (nSPS) is 9.95. The molecule has 0 aliphatic carbocycles. The summed E-state index contributed by atoms with van der Waals surface area (Å²) in [5.41, 5.74) is 3.24. The Bertz CT molecular complexity index is 537. The van der Waals surface area contributed by atoms with Gasteiger partial charge in [0.05, 0.1) is 6.42 Å². The van der Waals surface area contributed by atoms with Crippen LogP contribution in [0.3, 0.4) is 0 Å². The third kappa shape index (κ3) is 3.85. The third-order valence-corrected chi connectivity index (χ3v) is 2.97. The number of benzene rings is 2. The molecule has 2 N–H and O–H groups in total. The number of hydrogen-bond donors (Lipinski definition) is 2. The van der Waals surface area contributed by atoms with Crippen molar-refractivity contribution in [3.63, 3.8) is 0 Å². The first-order valence-corrected chi connectivity index (χ1v) is 6.36. The minimum atomic E-state index is 0.0222. The average molecular weight is 254 g/mol. The van der Waals surface area contributed by atoms with E-state index in [1.54, 1.807) is 7.05 Å². The molecule has 0 fully saturated rings. The van der Waals surface area contributed by atoms with E-state index in [1.165, 1.54) is 5.56 Å². The van der Waals surface area contributed by atoms with Crippen LogP contribution < -0.4 is 10.6 Å². The SMILES string of the molecule is CNC(=O)Cc1ccccc1NCc1ccccc1. The highest BCUT2D eigenvalue weighted by molar-refractivity contribution is 5.80. The minimum Gasteiger partial charge on any atom is -0.381 e. The van der Waals surface area contributed by atoms with Crippen LogP contribution in [-0.4, -0.2) is 13.0 Å². The van der Waals surface area contributed by atoms with Gasteiger partial charge in [-0.3, -0.25) is 4.79 Å². The lowest BCUT2D eigenvalue weighted by atomic mass is 10.1. The van der Waals surface area contributed by atoms with Crippen LogP contribution >= 0.6 is 0 Å². The second-order valence-electron chi connectivity index (χ2n) is 4.35. The molecule has 2 aromatic carbocycles. The van der Waals surface area contributed by atoms with Crippen LogP contribution in [0.1, 0.15) is 11.1 Å². The van der Waals surface area contributed by atoms with Gasteiger partial charge in [-0.1, -0.05) is 48.5 Å². The molecule has 0 heterocycles. The summed E-state index contributed by atoms with van der Waals surface area (Å²) in [6.07, 6.45) is 0.397. The third-order valence-electron chi connectivity index (χ3n) is 2.97. The Morgan fingerprint density at radius 3 is 2.42 bits per heavy atom. The summed E-state index contributed by atoms with van der Waals surface area (Å²) in [7, 11) is 1.66. The lowest BCUT2D eigenvalue weighted by Gasteiger charge is -2.11. The van der Waals surface area contributed by atoms with Gasteiger partial charge in [0, 0.05) is 19.3 Å². The first-order chi connectivity index (χ1) is 9.29. The van der Waals surface area contributed by atoms with E-state index in [-0.39, 0.29) is 5.91 Å². The average Bonchev–Trinajstić information content (AvgIpc) is 2.47. The predicted octanol–water partition coefficient (Wildman–Crippen LogP) is 2.59. The van der Waals surface area contributed by atoms with Gasteiger partial charge in [-0.25, -0.2) is 0 Å². The first-order valence-electron chi connectivity index (χ1n) is 6.36. The summed E-state index contributed by atoms with van der Waals surface area (Å²) in [5, 5.41) is 6.03. The standard InChI is InChI=1S/C16H18N2O/c1-17-16(19)11-14-9-5-6-10-15(14)18-12-13-7-3-2-4-8-13/h2-10,18H,11-12H2,1H3,(H,17,19). The Kier molecular flexibility index (Phi) is 4.56. The molecule has 0 aliphatic rings. The topological polar surface area (TPSA) is 41.1 Å². The maximum absolute atomic E-state index is 11.5. The fraction of sp³-hybridized carbons (Fsp3) is 0.188. The molecule has 0 bridgehead atoms. The number of likely N-dealkylation sites (N-methyl/N-ethyl adjacent to an activating group) is 1. The van der Waals surface area contributed by atoms with Crippen molar-refractivity contribution in [2.45, 2.75) is 13.0 Å².